The molecular weight excluding hydrogens is 375 g/mol. The minimum Gasteiger partial charge on any atom is -0.338 e. The van der Waals surface area contributed by atoms with Crippen LogP contribution in [0.3, 0.4) is 0 Å². The Bertz CT molecular complexity index is 1120. The monoisotopic (exact) mass is 388 g/mol. The van der Waals surface area contributed by atoms with E-state index < -0.39 is 0 Å². The quantitative estimate of drug-likeness (QED) is 0.381. The van der Waals surface area contributed by atoms with E-state index >= 15 is 0 Å². The lowest BCUT2D eigenvalue weighted by molar-refractivity contribution is 0.391. The first kappa shape index (κ1) is 16.9. The number of rotatable bonds is 5. The molecule has 0 unspecified atom stereocenters. The van der Waals surface area contributed by atoms with Gasteiger partial charge in [-0.15, -0.1) is 11.3 Å². The zero-order valence-corrected chi connectivity index (χ0v) is 15.3. The molecule has 0 spiro atoms. The van der Waals surface area contributed by atoms with Crippen molar-refractivity contribution in [3.8, 4) is 11.4 Å². The Kier molecular flexibility index (Phi) is 4.56. The van der Waals surface area contributed by atoms with E-state index in [4.69, 9.17) is 4.52 Å². The summed E-state index contributed by atoms with van der Waals surface area (Å²) in [5.74, 6) is 0.878. The molecule has 0 aliphatic carbocycles. The van der Waals surface area contributed by atoms with Crippen molar-refractivity contribution in [2.75, 3.05) is 0 Å². The zero-order valence-electron chi connectivity index (χ0n) is 13.7. The summed E-state index contributed by atoms with van der Waals surface area (Å²) in [6, 6.07) is 7.72. The highest BCUT2D eigenvalue weighted by molar-refractivity contribution is 7.98. The summed E-state index contributed by atoms with van der Waals surface area (Å²) < 4.78 is 20.6. The third-order valence-corrected chi connectivity index (χ3v) is 5.60. The second kappa shape index (κ2) is 7.00. The van der Waals surface area contributed by atoms with Crippen LogP contribution in [0.15, 0.2) is 50.2 Å². The summed E-state index contributed by atoms with van der Waals surface area (Å²) in [6.07, 6.45) is 0. The minimum absolute atomic E-state index is 0.0347. The first-order chi connectivity index (χ1) is 12.7. The van der Waals surface area contributed by atoms with Crippen LogP contribution in [-0.4, -0.2) is 19.7 Å². The lowest BCUT2D eigenvalue weighted by atomic mass is 10.2. The molecule has 3 heterocycles. The van der Waals surface area contributed by atoms with Crippen LogP contribution in [0.4, 0.5) is 4.39 Å². The number of fused-ring (bicyclic) bond motifs is 1. The number of thioether (sulfide) groups is 1. The third-order valence-electron chi connectivity index (χ3n) is 3.74. The van der Waals surface area contributed by atoms with E-state index in [2.05, 4.69) is 15.1 Å². The van der Waals surface area contributed by atoms with E-state index in [0.29, 0.717) is 44.9 Å². The van der Waals surface area contributed by atoms with Crippen molar-refractivity contribution in [2.45, 2.75) is 24.4 Å². The van der Waals surface area contributed by atoms with Gasteiger partial charge in [-0.25, -0.2) is 9.37 Å². The Balaban J connectivity index is 1.57. The molecule has 0 saturated heterocycles. The first-order valence-corrected chi connectivity index (χ1v) is 9.71. The van der Waals surface area contributed by atoms with Crippen molar-refractivity contribution in [2.24, 2.45) is 0 Å². The maximum atomic E-state index is 13.0. The smallest absolute Gasteiger partial charge is 0.272 e. The summed E-state index contributed by atoms with van der Waals surface area (Å²) >= 11 is 2.76. The molecule has 1 aromatic carbocycles. The molecule has 0 amide bonds. The number of halogens is 1. The molecule has 0 radical (unpaired) electrons. The number of benzene rings is 1. The van der Waals surface area contributed by atoms with Gasteiger partial charge in [-0.2, -0.15) is 4.98 Å². The molecule has 4 aromatic rings. The molecule has 3 aromatic heterocycles. The molecule has 0 aliphatic heterocycles. The van der Waals surface area contributed by atoms with Crippen LogP contribution in [0.2, 0.25) is 0 Å². The predicted octanol–water partition coefficient (Wildman–Crippen LogP) is 3.96. The van der Waals surface area contributed by atoms with Crippen LogP contribution in [-0.2, 0) is 12.3 Å². The van der Waals surface area contributed by atoms with Gasteiger partial charge in [0, 0.05) is 12.1 Å². The van der Waals surface area contributed by atoms with Gasteiger partial charge in [0.05, 0.1) is 11.3 Å². The molecule has 0 N–H and O–H groups in total. The fourth-order valence-electron chi connectivity index (χ4n) is 2.47. The van der Waals surface area contributed by atoms with Crippen LogP contribution in [0, 0.1) is 5.82 Å². The maximum absolute atomic E-state index is 13.0. The number of thiophene rings is 1. The fourth-order valence-corrected chi connectivity index (χ4v) is 4.15. The molecule has 0 bridgehead atoms. The molecule has 26 heavy (non-hydrogen) atoms. The van der Waals surface area contributed by atoms with Gasteiger partial charge in [0.2, 0.25) is 11.7 Å². The topological polar surface area (TPSA) is 73.8 Å². The highest BCUT2D eigenvalue weighted by Gasteiger charge is 2.14. The Morgan fingerprint density at radius 3 is 2.81 bits per heavy atom. The number of nitrogens with zero attached hydrogens (tertiary/aromatic N) is 4. The molecule has 6 nitrogen and oxygen atoms in total. The van der Waals surface area contributed by atoms with Crippen molar-refractivity contribution < 1.29 is 8.91 Å². The van der Waals surface area contributed by atoms with Crippen molar-refractivity contribution in [1.29, 1.82) is 0 Å². The van der Waals surface area contributed by atoms with E-state index in [1.807, 2.05) is 18.4 Å². The Hall–Kier alpha value is -2.52. The van der Waals surface area contributed by atoms with E-state index in [-0.39, 0.29) is 11.4 Å². The van der Waals surface area contributed by atoms with Gasteiger partial charge < -0.3 is 4.52 Å². The van der Waals surface area contributed by atoms with E-state index in [1.165, 1.54) is 35.2 Å². The van der Waals surface area contributed by atoms with Crippen LogP contribution < -0.4 is 5.56 Å². The summed E-state index contributed by atoms with van der Waals surface area (Å²) in [5, 5.41) is 6.40. The zero-order chi connectivity index (χ0) is 18.1. The average Bonchev–Trinajstić information content (AvgIpc) is 3.30. The van der Waals surface area contributed by atoms with E-state index in [9.17, 15) is 9.18 Å². The van der Waals surface area contributed by atoms with E-state index in [0.717, 1.165) is 0 Å². The highest BCUT2D eigenvalue weighted by atomic mass is 32.2. The first-order valence-electron chi connectivity index (χ1n) is 7.85. The normalized spacial score (nSPS) is 11.3. The number of aromatic nitrogens is 4. The van der Waals surface area contributed by atoms with Gasteiger partial charge >= 0.3 is 0 Å². The molecule has 0 fully saturated rings. The van der Waals surface area contributed by atoms with Gasteiger partial charge in [0.25, 0.3) is 5.56 Å². The molecule has 0 atom stereocenters. The summed E-state index contributed by atoms with van der Waals surface area (Å²) in [4.78, 5) is 21.4. The van der Waals surface area contributed by atoms with Crippen LogP contribution in [0.5, 0.6) is 0 Å². The Labute approximate surface area is 155 Å². The summed E-state index contributed by atoms with van der Waals surface area (Å²) in [6.45, 7) is 2.44. The third kappa shape index (κ3) is 3.15. The van der Waals surface area contributed by atoms with E-state index in [1.54, 1.807) is 16.7 Å². The number of hydrogen-bond acceptors (Lipinski definition) is 7. The molecule has 0 aliphatic rings. The molecule has 0 saturated carbocycles. The highest BCUT2D eigenvalue weighted by Crippen LogP contribution is 2.24. The predicted molar refractivity (Wildman–Crippen MR) is 98.8 cm³/mol. The standard InChI is InChI=1S/C17H13FN4O2S2/c1-2-22-16(23)14-12(7-8-25-14)19-17(22)26-9-13-20-15(21-24-13)10-3-5-11(18)6-4-10/h3-8H,2,9H2,1H3. The van der Waals surface area contributed by atoms with Gasteiger partial charge in [-0.1, -0.05) is 16.9 Å². The molecular formula is C17H13FN4O2S2. The van der Waals surface area contributed by atoms with Crippen LogP contribution in [0.1, 0.15) is 12.8 Å². The molecule has 132 valence electrons. The van der Waals surface area contributed by atoms with Crippen molar-refractivity contribution in [1.82, 2.24) is 19.7 Å². The van der Waals surface area contributed by atoms with Crippen LogP contribution >= 0.6 is 23.1 Å². The van der Waals surface area contributed by atoms with Crippen molar-refractivity contribution in [3.05, 3.63) is 57.8 Å². The largest absolute Gasteiger partial charge is 0.338 e. The average molecular weight is 388 g/mol. The van der Waals surface area contributed by atoms with Crippen molar-refractivity contribution >= 4 is 33.3 Å². The summed E-state index contributed by atoms with van der Waals surface area (Å²) in [7, 11) is 0. The SMILES string of the molecule is CCn1c(SCc2nc(-c3ccc(F)cc3)no2)nc2ccsc2c1=O. The second-order valence-electron chi connectivity index (χ2n) is 5.39. The molecule has 4 rings (SSSR count). The summed E-state index contributed by atoms with van der Waals surface area (Å²) in [5.41, 5.74) is 1.34. The van der Waals surface area contributed by atoms with Gasteiger partial charge in [0.15, 0.2) is 5.16 Å². The molecule has 9 heteroatoms. The van der Waals surface area contributed by atoms with Gasteiger partial charge in [0.1, 0.15) is 10.5 Å². The minimum atomic E-state index is -0.319. The fraction of sp³-hybridized carbons (Fsp3) is 0.176. The lowest BCUT2D eigenvalue weighted by Gasteiger charge is -2.08. The van der Waals surface area contributed by atoms with Crippen molar-refractivity contribution in [3.63, 3.8) is 0 Å². The Morgan fingerprint density at radius 1 is 1.23 bits per heavy atom. The van der Waals surface area contributed by atoms with Gasteiger partial charge in [-0.3, -0.25) is 9.36 Å². The second-order valence-corrected chi connectivity index (χ2v) is 7.24. The lowest BCUT2D eigenvalue weighted by Crippen LogP contribution is -2.21. The van der Waals surface area contributed by atoms with Gasteiger partial charge in [-0.05, 0) is 42.6 Å². The Morgan fingerprint density at radius 2 is 2.04 bits per heavy atom. The number of hydrogen-bond donors (Lipinski definition) is 0. The maximum Gasteiger partial charge on any atom is 0.272 e. The van der Waals surface area contributed by atoms with Crippen LogP contribution in [0.25, 0.3) is 21.6 Å².